The molecule has 0 spiro atoms. The second kappa shape index (κ2) is 2.83. The maximum atomic E-state index is 6.58. The van der Waals surface area contributed by atoms with Gasteiger partial charge in [0.1, 0.15) is 0 Å². The van der Waals surface area contributed by atoms with E-state index < -0.39 is 0 Å². The molecule has 0 saturated carbocycles. The number of halogens is 2. The maximum Gasteiger partial charge on any atom is 0.0222 e. The van der Waals surface area contributed by atoms with E-state index in [2.05, 4.69) is 0 Å². The highest BCUT2D eigenvalue weighted by Crippen LogP contribution is 2.02. The molecule has 0 rings (SSSR count). The molecular weight excluding hydrogens is 300 g/mol. The molecule has 26 valence electrons. The van der Waals surface area contributed by atoms with Gasteiger partial charge < -0.3 is 0 Å². The Balaban J connectivity index is 2.80. The molecule has 0 aromatic heterocycles. The second-order valence-electron chi connectivity index (χ2n) is 0.213. The van der Waals surface area contributed by atoms with Gasteiger partial charge >= 0.3 is 0 Å². The van der Waals surface area contributed by atoms with E-state index in [0.29, 0.717) is 0 Å². The number of hydrogen-bond donors (Lipinski definition) is 1. The van der Waals surface area contributed by atoms with Crippen molar-refractivity contribution in [2.75, 3.05) is 0 Å². The fourth-order valence-electron chi connectivity index (χ4n) is 0. The summed E-state index contributed by atoms with van der Waals surface area (Å²) < 4.78 is 6.58. The predicted octanol–water partition coefficient (Wildman–Crippen LogP) is 2.07. The van der Waals surface area contributed by atoms with Crippen molar-refractivity contribution in [3.05, 3.63) is 0 Å². The predicted molar refractivity (Wildman–Crippen MR) is 38.1 cm³/mol. The topological polar surface area (TPSA) is 23.9 Å². The summed E-state index contributed by atoms with van der Waals surface area (Å²) in [6.07, 6.45) is 0. The molecular formula is HI2NS. The minimum atomic E-state index is -0.171. The van der Waals surface area contributed by atoms with Crippen LogP contribution in [-0.2, 0) is 5.03 Å². The molecule has 0 aliphatic heterocycles. The van der Waals surface area contributed by atoms with Crippen LogP contribution in [0.25, 0.3) is 0 Å². The van der Waals surface area contributed by atoms with Crippen molar-refractivity contribution in [1.82, 2.24) is 0 Å². The van der Waals surface area contributed by atoms with Crippen LogP contribution in [0.15, 0.2) is 0 Å². The van der Waals surface area contributed by atoms with Crippen LogP contribution in [0.1, 0.15) is 0 Å². The molecule has 1 N–H and O–H groups in total. The minimum Gasteiger partial charge on any atom is -0.261 e. The summed E-state index contributed by atoms with van der Waals surface area (Å²) in [4.78, 5) is 0. The van der Waals surface area contributed by atoms with Crippen LogP contribution in [0.4, 0.5) is 0 Å². The first kappa shape index (κ1) is 5.61. The number of nitrogens with one attached hydrogen (secondary N) is 1. The van der Waals surface area contributed by atoms with Crippen LogP contribution >= 0.6 is 42.4 Å². The fourth-order valence-corrected chi connectivity index (χ4v) is 0. The van der Waals surface area contributed by atoms with Crippen molar-refractivity contribution in [2.24, 2.45) is 0 Å². The lowest BCUT2D eigenvalue weighted by Gasteiger charge is -1.59. The first-order valence-electron chi connectivity index (χ1n) is 0.513. The Morgan fingerprint density at radius 2 is 1.50 bits per heavy atom. The molecule has 4 heteroatoms. The largest absolute Gasteiger partial charge is 0.261 e. The van der Waals surface area contributed by atoms with E-state index in [9.17, 15) is 0 Å². The van der Waals surface area contributed by atoms with Gasteiger partial charge in [-0.25, -0.2) is 0 Å². The van der Waals surface area contributed by atoms with Crippen LogP contribution in [0.2, 0.25) is 0 Å². The molecule has 0 bridgehead atoms. The smallest absolute Gasteiger partial charge is 0.0222 e. The van der Waals surface area contributed by atoms with E-state index in [-0.39, 0.29) is 5.03 Å². The SMILES string of the molecule is N=S(I)I. The molecule has 0 aliphatic rings. The Bertz CT molecular complexity index is 29.0. The van der Waals surface area contributed by atoms with Crippen molar-refractivity contribution in [2.45, 2.75) is 0 Å². The van der Waals surface area contributed by atoms with Gasteiger partial charge in [0.25, 0.3) is 0 Å². The molecule has 0 amide bonds. The molecule has 0 heterocycles. The second-order valence-corrected chi connectivity index (χ2v) is 11.0. The zero-order valence-corrected chi connectivity index (χ0v) is 6.80. The maximum absolute atomic E-state index is 6.58. The monoisotopic (exact) mass is 301 g/mol. The van der Waals surface area contributed by atoms with Gasteiger partial charge in [0.15, 0.2) is 0 Å². The summed E-state index contributed by atoms with van der Waals surface area (Å²) in [6.45, 7) is 0. The summed E-state index contributed by atoms with van der Waals surface area (Å²) in [7, 11) is 0. The van der Waals surface area contributed by atoms with Crippen LogP contribution in [0, 0.1) is 4.78 Å². The van der Waals surface area contributed by atoms with Gasteiger partial charge in [-0.05, 0) is 0 Å². The molecule has 0 aliphatic carbocycles. The third-order valence-corrected chi connectivity index (χ3v) is 0. The third-order valence-electron chi connectivity index (χ3n) is 0. The Morgan fingerprint density at radius 3 is 1.50 bits per heavy atom. The van der Waals surface area contributed by atoms with Crippen LogP contribution in [0.3, 0.4) is 0 Å². The highest BCUT2D eigenvalue weighted by Gasteiger charge is 1.58. The van der Waals surface area contributed by atoms with Crippen molar-refractivity contribution in [3.8, 4) is 0 Å². The Hall–Kier alpha value is 1.61. The highest BCUT2D eigenvalue weighted by atomic mass is 127. The van der Waals surface area contributed by atoms with Crippen molar-refractivity contribution < 1.29 is 0 Å². The van der Waals surface area contributed by atoms with E-state index in [0.717, 1.165) is 0 Å². The molecule has 0 saturated heterocycles. The van der Waals surface area contributed by atoms with E-state index in [1.54, 1.807) is 0 Å². The zero-order valence-electron chi connectivity index (χ0n) is 1.66. The average molecular weight is 301 g/mol. The summed E-state index contributed by atoms with van der Waals surface area (Å²) in [5.74, 6) is 0. The molecule has 0 fully saturated rings. The summed E-state index contributed by atoms with van der Waals surface area (Å²) >= 11 is 4.05. The van der Waals surface area contributed by atoms with Crippen LogP contribution in [-0.4, -0.2) is 0 Å². The lowest BCUT2D eigenvalue weighted by atomic mass is 14.0. The van der Waals surface area contributed by atoms with Gasteiger partial charge in [-0.2, -0.15) is 0 Å². The normalized spacial score (nSPS) is 8.75. The van der Waals surface area contributed by atoms with Gasteiger partial charge in [-0.1, -0.05) is 0 Å². The molecule has 0 atom stereocenters. The fraction of sp³-hybridized carbons (Fsp3) is 0. The first-order chi connectivity index (χ1) is 1.73. The zero-order chi connectivity index (χ0) is 3.58. The van der Waals surface area contributed by atoms with E-state index in [1.165, 1.54) is 0 Å². The Labute approximate surface area is 51.6 Å². The van der Waals surface area contributed by atoms with E-state index in [1.807, 2.05) is 42.4 Å². The summed E-state index contributed by atoms with van der Waals surface area (Å²) in [6, 6.07) is 0. The third kappa shape index (κ3) is 9.49. The minimum absolute atomic E-state index is 0.171. The number of rotatable bonds is 0. The Morgan fingerprint density at radius 1 is 1.50 bits per heavy atom. The standard InChI is InChI=1S/HI2NS/c1-4(2)3/h3H. The van der Waals surface area contributed by atoms with Crippen LogP contribution in [0.5, 0.6) is 0 Å². The van der Waals surface area contributed by atoms with Crippen LogP contribution < -0.4 is 0 Å². The van der Waals surface area contributed by atoms with Gasteiger partial charge in [0, 0.05) is 47.4 Å². The highest BCUT2D eigenvalue weighted by molar-refractivity contribution is 14.3. The average Bonchev–Trinajstić information content (AvgIpc) is 0.811. The van der Waals surface area contributed by atoms with Crippen molar-refractivity contribution >= 4 is 47.4 Å². The van der Waals surface area contributed by atoms with Gasteiger partial charge in [0.2, 0.25) is 0 Å². The summed E-state index contributed by atoms with van der Waals surface area (Å²) in [5.41, 5.74) is 0. The first-order valence-corrected chi connectivity index (χ1v) is 6.82. The molecule has 1 nitrogen and oxygen atoms in total. The molecule has 0 radical (unpaired) electrons. The lowest BCUT2D eigenvalue weighted by molar-refractivity contribution is 1.67. The van der Waals surface area contributed by atoms with Gasteiger partial charge in [-0.15, -0.1) is 0 Å². The quantitative estimate of drug-likeness (QED) is 0.662. The Kier molecular flexibility index (Phi) is 3.96. The molecule has 0 aromatic rings. The lowest BCUT2D eigenvalue weighted by Crippen LogP contribution is -1.29. The van der Waals surface area contributed by atoms with Gasteiger partial charge in [-0.3, -0.25) is 4.78 Å². The number of hydrogen-bond acceptors (Lipinski definition) is 1. The molecule has 4 heavy (non-hydrogen) atoms. The van der Waals surface area contributed by atoms with E-state index >= 15 is 0 Å². The van der Waals surface area contributed by atoms with Crippen molar-refractivity contribution in [3.63, 3.8) is 0 Å². The van der Waals surface area contributed by atoms with E-state index in [4.69, 9.17) is 4.78 Å². The van der Waals surface area contributed by atoms with Crippen molar-refractivity contribution in [1.29, 1.82) is 4.78 Å². The summed E-state index contributed by atoms with van der Waals surface area (Å²) in [5, 5.41) is -0.171. The van der Waals surface area contributed by atoms with Gasteiger partial charge in [0.05, 0.1) is 0 Å². The molecule has 0 aromatic carbocycles. The molecule has 0 unspecified atom stereocenters.